The van der Waals surface area contributed by atoms with E-state index in [1.807, 2.05) is 6.92 Å². The summed E-state index contributed by atoms with van der Waals surface area (Å²) in [5, 5.41) is 3.16. The maximum Gasteiger partial charge on any atom is 0.264 e. The summed E-state index contributed by atoms with van der Waals surface area (Å²) < 4.78 is 26.3. The fraction of sp³-hybridized carbons (Fsp3) is 0.462. The van der Waals surface area contributed by atoms with Gasteiger partial charge in [-0.15, -0.1) is 0 Å². The van der Waals surface area contributed by atoms with Crippen molar-refractivity contribution in [3.8, 4) is 0 Å². The smallest absolute Gasteiger partial charge is 0.264 e. The second-order valence-corrected chi connectivity index (χ2v) is 6.74. The third-order valence-electron chi connectivity index (χ3n) is 3.54. The number of hydrogen-bond acceptors (Lipinski definition) is 4. The molecule has 0 aliphatic carbocycles. The fourth-order valence-corrected chi connectivity index (χ4v) is 3.23. The Labute approximate surface area is 113 Å². The van der Waals surface area contributed by atoms with Crippen molar-refractivity contribution < 1.29 is 13.2 Å². The van der Waals surface area contributed by atoms with Gasteiger partial charge in [0.25, 0.3) is 10.0 Å². The molecule has 104 valence electrons. The second-order valence-electron chi connectivity index (χ2n) is 5.06. The molecule has 0 unspecified atom stereocenters. The minimum Gasteiger partial charge on any atom is -0.317 e. The van der Waals surface area contributed by atoms with Crippen molar-refractivity contribution in [3.05, 3.63) is 30.3 Å². The summed E-state index contributed by atoms with van der Waals surface area (Å²) in [6.45, 7) is 3.27. The van der Waals surface area contributed by atoms with Gasteiger partial charge in [-0.25, -0.2) is 13.1 Å². The lowest BCUT2D eigenvalue weighted by Crippen LogP contribution is -2.47. The van der Waals surface area contributed by atoms with Crippen LogP contribution in [-0.2, 0) is 14.8 Å². The van der Waals surface area contributed by atoms with Crippen molar-refractivity contribution in [2.24, 2.45) is 5.41 Å². The summed E-state index contributed by atoms with van der Waals surface area (Å²) in [6, 6.07) is 7.94. The van der Waals surface area contributed by atoms with E-state index in [0.29, 0.717) is 12.8 Å². The molecule has 1 heterocycles. The zero-order valence-electron chi connectivity index (χ0n) is 10.8. The number of benzene rings is 1. The molecular formula is C13H18N2O3S. The number of carbonyl (C=O) groups excluding carboxylic acids is 1. The zero-order valence-corrected chi connectivity index (χ0v) is 11.7. The van der Waals surface area contributed by atoms with Crippen LogP contribution >= 0.6 is 0 Å². The molecule has 1 aliphatic heterocycles. The van der Waals surface area contributed by atoms with Crippen molar-refractivity contribution in [2.45, 2.75) is 24.7 Å². The first-order valence-corrected chi connectivity index (χ1v) is 7.75. The number of piperidine rings is 1. The number of carbonyl (C=O) groups is 1. The average Bonchev–Trinajstić information content (AvgIpc) is 2.40. The third kappa shape index (κ3) is 3.13. The normalized spacial score (nSPS) is 18.8. The van der Waals surface area contributed by atoms with E-state index in [9.17, 15) is 13.2 Å². The Balaban J connectivity index is 2.14. The lowest BCUT2D eigenvalue weighted by molar-refractivity contribution is -0.129. The van der Waals surface area contributed by atoms with Gasteiger partial charge in [-0.1, -0.05) is 25.1 Å². The Hall–Kier alpha value is -1.40. The average molecular weight is 282 g/mol. The van der Waals surface area contributed by atoms with Gasteiger partial charge in [0.05, 0.1) is 4.90 Å². The molecule has 6 heteroatoms. The molecule has 0 radical (unpaired) electrons. The van der Waals surface area contributed by atoms with E-state index < -0.39 is 21.3 Å². The van der Waals surface area contributed by atoms with Gasteiger partial charge >= 0.3 is 0 Å². The van der Waals surface area contributed by atoms with Crippen LogP contribution in [0, 0.1) is 5.41 Å². The number of amides is 1. The van der Waals surface area contributed by atoms with Gasteiger partial charge in [0, 0.05) is 5.41 Å². The zero-order chi connectivity index (χ0) is 13.9. The van der Waals surface area contributed by atoms with Crippen LogP contribution in [-0.4, -0.2) is 27.4 Å². The van der Waals surface area contributed by atoms with Crippen LogP contribution in [0.4, 0.5) is 0 Å². The Bertz CT molecular complexity index is 549. The number of nitrogens with one attached hydrogen (secondary N) is 2. The Kier molecular flexibility index (Phi) is 3.91. The van der Waals surface area contributed by atoms with Gasteiger partial charge in [-0.05, 0) is 38.1 Å². The molecule has 2 N–H and O–H groups in total. The van der Waals surface area contributed by atoms with Crippen LogP contribution < -0.4 is 10.0 Å². The van der Waals surface area contributed by atoms with Crippen molar-refractivity contribution in [2.75, 3.05) is 13.1 Å². The van der Waals surface area contributed by atoms with Crippen LogP contribution in [0.5, 0.6) is 0 Å². The van der Waals surface area contributed by atoms with Crippen molar-refractivity contribution in [3.63, 3.8) is 0 Å². The minimum atomic E-state index is -3.77. The lowest BCUT2D eigenvalue weighted by Gasteiger charge is -2.32. The molecular weight excluding hydrogens is 264 g/mol. The molecule has 1 aromatic carbocycles. The monoisotopic (exact) mass is 282 g/mol. The lowest BCUT2D eigenvalue weighted by atomic mass is 9.80. The predicted molar refractivity (Wildman–Crippen MR) is 72.0 cm³/mol. The number of sulfonamides is 1. The molecule has 0 bridgehead atoms. The molecule has 1 aromatic rings. The Morgan fingerprint density at radius 2 is 1.79 bits per heavy atom. The molecule has 2 rings (SSSR count). The van der Waals surface area contributed by atoms with Gasteiger partial charge in [0.15, 0.2) is 0 Å². The molecule has 1 saturated heterocycles. The van der Waals surface area contributed by atoms with Gasteiger partial charge in [-0.3, -0.25) is 4.79 Å². The van der Waals surface area contributed by atoms with E-state index in [-0.39, 0.29) is 4.90 Å². The first-order chi connectivity index (χ1) is 8.94. The molecule has 1 amide bonds. The maximum atomic E-state index is 12.2. The minimum absolute atomic E-state index is 0.112. The van der Waals surface area contributed by atoms with Crippen LogP contribution in [0.15, 0.2) is 35.2 Å². The van der Waals surface area contributed by atoms with Gasteiger partial charge < -0.3 is 5.32 Å². The van der Waals surface area contributed by atoms with E-state index in [1.54, 1.807) is 18.2 Å². The highest BCUT2D eigenvalue weighted by molar-refractivity contribution is 7.90. The standard InChI is InChI=1S/C13H18N2O3S/c1-13(7-9-14-10-8-13)12(16)15-19(17,18)11-5-3-2-4-6-11/h2-6,14H,7-10H2,1H3,(H,15,16). The topological polar surface area (TPSA) is 75.3 Å². The van der Waals surface area contributed by atoms with Crippen LogP contribution in [0.3, 0.4) is 0 Å². The first kappa shape index (κ1) is 14.0. The summed E-state index contributed by atoms with van der Waals surface area (Å²) >= 11 is 0. The van der Waals surface area contributed by atoms with E-state index in [4.69, 9.17) is 0 Å². The molecule has 0 spiro atoms. The van der Waals surface area contributed by atoms with Gasteiger partial charge in [-0.2, -0.15) is 0 Å². The van der Waals surface area contributed by atoms with Crippen LogP contribution in [0.2, 0.25) is 0 Å². The highest BCUT2D eigenvalue weighted by atomic mass is 32.2. The van der Waals surface area contributed by atoms with Crippen molar-refractivity contribution >= 4 is 15.9 Å². The molecule has 0 aromatic heterocycles. The summed E-state index contributed by atoms with van der Waals surface area (Å²) in [5.74, 6) is -0.419. The maximum absolute atomic E-state index is 12.2. The summed E-state index contributed by atoms with van der Waals surface area (Å²) in [5.41, 5.74) is -0.618. The fourth-order valence-electron chi connectivity index (χ4n) is 2.11. The molecule has 0 saturated carbocycles. The summed E-state index contributed by atoms with van der Waals surface area (Å²) in [7, 11) is -3.77. The molecule has 19 heavy (non-hydrogen) atoms. The Morgan fingerprint density at radius 3 is 2.37 bits per heavy atom. The highest BCUT2D eigenvalue weighted by Gasteiger charge is 2.36. The van der Waals surface area contributed by atoms with Crippen LogP contribution in [0.25, 0.3) is 0 Å². The molecule has 5 nitrogen and oxygen atoms in total. The van der Waals surface area contributed by atoms with Crippen molar-refractivity contribution in [1.82, 2.24) is 10.0 Å². The number of hydrogen-bond donors (Lipinski definition) is 2. The van der Waals surface area contributed by atoms with Gasteiger partial charge in [0.2, 0.25) is 5.91 Å². The third-order valence-corrected chi connectivity index (χ3v) is 4.88. The molecule has 0 atom stereocenters. The second kappa shape index (κ2) is 5.30. The van der Waals surface area contributed by atoms with Crippen molar-refractivity contribution in [1.29, 1.82) is 0 Å². The number of rotatable bonds is 3. The molecule has 1 aliphatic rings. The van der Waals surface area contributed by atoms with Gasteiger partial charge in [0.1, 0.15) is 0 Å². The quantitative estimate of drug-likeness (QED) is 0.863. The van der Waals surface area contributed by atoms with E-state index in [1.165, 1.54) is 12.1 Å². The SMILES string of the molecule is CC1(C(=O)NS(=O)(=O)c2ccccc2)CCNCC1. The highest BCUT2D eigenvalue weighted by Crippen LogP contribution is 2.28. The van der Waals surface area contributed by atoms with E-state index in [2.05, 4.69) is 10.0 Å². The predicted octanol–water partition coefficient (Wildman–Crippen LogP) is 0.881. The van der Waals surface area contributed by atoms with E-state index >= 15 is 0 Å². The first-order valence-electron chi connectivity index (χ1n) is 6.27. The Morgan fingerprint density at radius 1 is 1.21 bits per heavy atom. The van der Waals surface area contributed by atoms with E-state index in [0.717, 1.165) is 13.1 Å². The molecule has 1 fully saturated rings. The largest absolute Gasteiger partial charge is 0.317 e. The van der Waals surface area contributed by atoms with Crippen LogP contribution in [0.1, 0.15) is 19.8 Å². The summed E-state index contributed by atoms with van der Waals surface area (Å²) in [6.07, 6.45) is 1.28. The summed E-state index contributed by atoms with van der Waals surface area (Å²) in [4.78, 5) is 12.3.